The summed E-state index contributed by atoms with van der Waals surface area (Å²) in [5.41, 5.74) is 3.12. The highest BCUT2D eigenvalue weighted by Gasteiger charge is 2.11. The first-order valence-electron chi connectivity index (χ1n) is 8.17. The standard InChI is InChI=1S/C18H22N4O/c1-14-12-20-17(13-19-14)18(23)21-15-6-8-16(9-7-15)22-10-4-2-3-5-11-22/h6-9,12-13H,2-5,10-11H2,1H3,(H,21,23). The van der Waals surface area contributed by atoms with Gasteiger partial charge in [-0.25, -0.2) is 4.98 Å². The number of anilines is 2. The number of carbonyl (C=O) groups is 1. The van der Waals surface area contributed by atoms with Crippen LogP contribution in [0.1, 0.15) is 41.9 Å². The molecule has 1 saturated heterocycles. The molecular formula is C18H22N4O. The molecule has 1 aliphatic heterocycles. The van der Waals surface area contributed by atoms with Gasteiger partial charge >= 0.3 is 0 Å². The van der Waals surface area contributed by atoms with Crippen molar-refractivity contribution in [1.82, 2.24) is 9.97 Å². The predicted molar refractivity (Wildman–Crippen MR) is 91.8 cm³/mol. The van der Waals surface area contributed by atoms with Crippen LogP contribution in [0.15, 0.2) is 36.7 Å². The lowest BCUT2D eigenvalue weighted by atomic mass is 10.2. The van der Waals surface area contributed by atoms with E-state index < -0.39 is 0 Å². The summed E-state index contributed by atoms with van der Waals surface area (Å²) in [7, 11) is 0. The molecule has 0 spiro atoms. The highest BCUT2D eigenvalue weighted by atomic mass is 16.1. The average molecular weight is 310 g/mol. The second-order valence-electron chi connectivity index (χ2n) is 5.95. The van der Waals surface area contributed by atoms with E-state index in [2.05, 4.69) is 32.3 Å². The van der Waals surface area contributed by atoms with Crippen LogP contribution in [0.25, 0.3) is 0 Å². The molecule has 0 saturated carbocycles. The van der Waals surface area contributed by atoms with Gasteiger partial charge in [0.05, 0.1) is 11.9 Å². The fraction of sp³-hybridized carbons (Fsp3) is 0.389. The number of rotatable bonds is 3. The van der Waals surface area contributed by atoms with E-state index in [4.69, 9.17) is 0 Å². The number of aryl methyl sites for hydroxylation is 1. The maximum Gasteiger partial charge on any atom is 0.275 e. The van der Waals surface area contributed by atoms with Gasteiger partial charge < -0.3 is 10.2 Å². The quantitative estimate of drug-likeness (QED) is 0.943. The van der Waals surface area contributed by atoms with Gasteiger partial charge in [-0.3, -0.25) is 9.78 Å². The largest absolute Gasteiger partial charge is 0.372 e. The van der Waals surface area contributed by atoms with Crippen LogP contribution in [-0.4, -0.2) is 29.0 Å². The number of benzene rings is 1. The molecule has 1 aliphatic rings. The van der Waals surface area contributed by atoms with Gasteiger partial charge in [0.25, 0.3) is 5.91 Å². The van der Waals surface area contributed by atoms with Gasteiger partial charge in [0.15, 0.2) is 0 Å². The first kappa shape index (κ1) is 15.5. The molecular weight excluding hydrogens is 288 g/mol. The molecule has 5 nitrogen and oxygen atoms in total. The summed E-state index contributed by atoms with van der Waals surface area (Å²) < 4.78 is 0. The van der Waals surface area contributed by atoms with Gasteiger partial charge in [-0.1, -0.05) is 12.8 Å². The Morgan fingerprint density at radius 3 is 2.30 bits per heavy atom. The van der Waals surface area contributed by atoms with Crippen LogP contribution in [0.4, 0.5) is 11.4 Å². The molecule has 1 fully saturated rings. The topological polar surface area (TPSA) is 58.1 Å². The lowest BCUT2D eigenvalue weighted by Crippen LogP contribution is -2.23. The molecule has 2 heterocycles. The number of aromatic nitrogens is 2. The van der Waals surface area contributed by atoms with Gasteiger partial charge in [0.2, 0.25) is 0 Å². The maximum absolute atomic E-state index is 12.1. The summed E-state index contributed by atoms with van der Waals surface area (Å²) in [5.74, 6) is -0.236. The first-order valence-corrected chi connectivity index (χ1v) is 8.17. The molecule has 5 heteroatoms. The molecule has 2 aromatic rings. The molecule has 23 heavy (non-hydrogen) atoms. The molecule has 0 unspecified atom stereocenters. The molecule has 0 atom stereocenters. The Morgan fingerprint density at radius 1 is 1.00 bits per heavy atom. The van der Waals surface area contributed by atoms with Crippen LogP contribution >= 0.6 is 0 Å². The van der Waals surface area contributed by atoms with Gasteiger partial charge in [0.1, 0.15) is 5.69 Å². The predicted octanol–water partition coefficient (Wildman–Crippen LogP) is 3.42. The van der Waals surface area contributed by atoms with E-state index in [1.165, 1.54) is 37.6 Å². The number of nitrogens with one attached hydrogen (secondary N) is 1. The van der Waals surface area contributed by atoms with E-state index >= 15 is 0 Å². The van der Waals surface area contributed by atoms with E-state index in [1.54, 1.807) is 6.20 Å². The highest BCUT2D eigenvalue weighted by Crippen LogP contribution is 2.21. The summed E-state index contributed by atoms with van der Waals surface area (Å²) in [6.07, 6.45) is 8.24. The summed E-state index contributed by atoms with van der Waals surface area (Å²) >= 11 is 0. The smallest absolute Gasteiger partial charge is 0.275 e. The third-order valence-corrected chi connectivity index (χ3v) is 4.11. The molecule has 0 aliphatic carbocycles. The Balaban J connectivity index is 1.64. The minimum Gasteiger partial charge on any atom is -0.372 e. The molecule has 1 aromatic heterocycles. The van der Waals surface area contributed by atoms with Crippen molar-refractivity contribution >= 4 is 17.3 Å². The van der Waals surface area contributed by atoms with E-state index in [0.29, 0.717) is 5.69 Å². The van der Waals surface area contributed by atoms with Gasteiger partial charge in [-0.2, -0.15) is 0 Å². The highest BCUT2D eigenvalue weighted by molar-refractivity contribution is 6.02. The number of carbonyl (C=O) groups excluding carboxylic acids is 1. The molecule has 3 rings (SSSR count). The normalized spacial score (nSPS) is 15.1. The van der Waals surface area contributed by atoms with Crippen molar-refractivity contribution in [3.63, 3.8) is 0 Å². The van der Waals surface area contributed by atoms with Crippen LogP contribution in [0.3, 0.4) is 0 Å². The molecule has 0 radical (unpaired) electrons. The van der Waals surface area contributed by atoms with Crippen molar-refractivity contribution in [3.8, 4) is 0 Å². The van der Waals surface area contributed by atoms with Crippen molar-refractivity contribution in [2.45, 2.75) is 32.6 Å². The van der Waals surface area contributed by atoms with Crippen LogP contribution in [-0.2, 0) is 0 Å². The Bertz CT molecular complexity index is 644. The van der Waals surface area contributed by atoms with Gasteiger partial charge in [-0.15, -0.1) is 0 Å². The Morgan fingerprint density at radius 2 is 1.70 bits per heavy atom. The van der Waals surface area contributed by atoms with Crippen LogP contribution in [0.2, 0.25) is 0 Å². The van der Waals surface area contributed by atoms with E-state index in [9.17, 15) is 4.79 Å². The number of nitrogens with zero attached hydrogens (tertiary/aromatic N) is 3. The van der Waals surface area contributed by atoms with Crippen LogP contribution < -0.4 is 10.2 Å². The lowest BCUT2D eigenvalue weighted by Gasteiger charge is -2.22. The van der Waals surface area contributed by atoms with E-state index in [0.717, 1.165) is 24.5 Å². The molecule has 1 N–H and O–H groups in total. The SMILES string of the molecule is Cc1cnc(C(=O)Nc2ccc(N3CCCCCC3)cc2)cn1. The zero-order valence-corrected chi connectivity index (χ0v) is 13.5. The van der Waals surface area contributed by atoms with Crippen molar-refractivity contribution < 1.29 is 4.79 Å². The van der Waals surface area contributed by atoms with Crippen LogP contribution in [0.5, 0.6) is 0 Å². The molecule has 120 valence electrons. The zero-order valence-electron chi connectivity index (χ0n) is 13.5. The van der Waals surface area contributed by atoms with Crippen molar-refractivity contribution in [3.05, 3.63) is 48.0 Å². The molecule has 1 amide bonds. The first-order chi connectivity index (χ1) is 11.2. The van der Waals surface area contributed by atoms with Gasteiger partial charge in [-0.05, 0) is 44.0 Å². The van der Waals surface area contributed by atoms with Crippen molar-refractivity contribution in [1.29, 1.82) is 0 Å². The molecule has 1 aromatic carbocycles. The second-order valence-corrected chi connectivity index (χ2v) is 5.95. The second kappa shape index (κ2) is 7.22. The zero-order chi connectivity index (χ0) is 16.1. The molecule has 0 bridgehead atoms. The summed E-state index contributed by atoms with van der Waals surface area (Å²) in [6, 6.07) is 8.03. The Kier molecular flexibility index (Phi) is 4.86. The number of amides is 1. The summed E-state index contributed by atoms with van der Waals surface area (Å²) in [6.45, 7) is 4.07. The third-order valence-electron chi connectivity index (χ3n) is 4.11. The lowest BCUT2D eigenvalue weighted by molar-refractivity contribution is 0.102. The van der Waals surface area contributed by atoms with E-state index in [-0.39, 0.29) is 5.91 Å². The van der Waals surface area contributed by atoms with Crippen LogP contribution in [0, 0.1) is 6.92 Å². The maximum atomic E-state index is 12.1. The minimum atomic E-state index is -0.236. The number of hydrogen-bond donors (Lipinski definition) is 1. The van der Waals surface area contributed by atoms with E-state index in [1.807, 2.05) is 19.1 Å². The van der Waals surface area contributed by atoms with Crippen molar-refractivity contribution in [2.24, 2.45) is 0 Å². The van der Waals surface area contributed by atoms with Crippen molar-refractivity contribution in [2.75, 3.05) is 23.3 Å². The summed E-state index contributed by atoms with van der Waals surface area (Å²) in [5, 5.41) is 2.86. The third kappa shape index (κ3) is 4.06. The van der Waals surface area contributed by atoms with Gasteiger partial charge in [0, 0.05) is 30.7 Å². The average Bonchev–Trinajstić information content (AvgIpc) is 2.85. The monoisotopic (exact) mass is 310 g/mol. The Hall–Kier alpha value is -2.43. The Labute approximate surface area is 136 Å². The fourth-order valence-electron chi connectivity index (χ4n) is 2.79. The summed E-state index contributed by atoms with van der Waals surface area (Å²) in [4.78, 5) is 22.7. The fourth-order valence-corrected chi connectivity index (χ4v) is 2.79. The number of hydrogen-bond acceptors (Lipinski definition) is 4. The minimum absolute atomic E-state index is 0.236.